The van der Waals surface area contributed by atoms with Crippen LogP contribution in [0.15, 0.2) is 42.5 Å². The van der Waals surface area contributed by atoms with Crippen molar-refractivity contribution in [3.63, 3.8) is 0 Å². The number of hydrogen-bond acceptors (Lipinski definition) is 3. The van der Waals surface area contributed by atoms with E-state index in [0.717, 1.165) is 12.0 Å². The monoisotopic (exact) mass is 386 g/mol. The third kappa shape index (κ3) is 4.33. The standard InChI is InChI=1S/C21H26N2O3S/c1-15-9-10-18(13-16(15)2)17(3)22-21(24)19-7-6-8-20(14-19)23-11-4-5-12-27(23,25)26/h6-10,13-14,17H,4-5,11-12H2,1-3H3,(H,22,24). The molecule has 0 aliphatic carbocycles. The Morgan fingerprint density at radius 3 is 2.56 bits per heavy atom. The van der Waals surface area contributed by atoms with Gasteiger partial charge < -0.3 is 5.32 Å². The fraction of sp³-hybridized carbons (Fsp3) is 0.381. The Bertz CT molecular complexity index is 954. The molecule has 2 aromatic rings. The summed E-state index contributed by atoms with van der Waals surface area (Å²) in [5.74, 6) is -0.0512. The van der Waals surface area contributed by atoms with E-state index in [4.69, 9.17) is 0 Å². The number of amides is 1. The molecule has 1 unspecified atom stereocenters. The molecule has 0 bridgehead atoms. The van der Waals surface area contributed by atoms with Gasteiger partial charge in [-0.3, -0.25) is 9.10 Å². The van der Waals surface area contributed by atoms with E-state index >= 15 is 0 Å². The van der Waals surface area contributed by atoms with Crippen LogP contribution in [0.5, 0.6) is 0 Å². The molecule has 1 heterocycles. The van der Waals surface area contributed by atoms with Crippen molar-refractivity contribution >= 4 is 21.6 Å². The van der Waals surface area contributed by atoms with Crippen molar-refractivity contribution in [2.45, 2.75) is 39.7 Å². The Balaban J connectivity index is 1.78. The second-order valence-electron chi connectivity index (χ2n) is 7.18. The Labute approximate surface area is 161 Å². The summed E-state index contributed by atoms with van der Waals surface area (Å²) < 4.78 is 26.0. The lowest BCUT2D eigenvalue weighted by atomic mass is 10.0. The molecule has 0 aromatic heterocycles. The fourth-order valence-corrected chi connectivity index (χ4v) is 4.91. The summed E-state index contributed by atoms with van der Waals surface area (Å²) in [5.41, 5.74) is 4.46. The number of carbonyl (C=O) groups is 1. The van der Waals surface area contributed by atoms with E-state index in [1.54, 1.807) is 24.3 Å². The summed E-state index contributed by atoms with van der Waals surface area (Å²) in [6, 6.07) is 12.9. The molecule has 2 aromatic carbocycles. The topological polar surface area (TPSA) is 66.5 Å². The number of nitrogens with zero attached hydrogens (tertiary/aromatic N) is 1. The summed E-state index contributed by atoms with van der Waals surface area (Å²) in [7, 11) is -3.29. The fourth-order valence-electron chi connectivity index (χ4n) is 3.28. The minimum atomic E-state index is -3.29. The largest absolute Gasteiger partial charge is 0.346 e. The van der Waals surface area contributed by atoms with E-state index in [-0.39, 0.29) is 17.7 Å². The van der Waals surface area contributed by atoms with Crippen molar-refractivity contribution in [2.24, 2.45) is 0 Å². The lowest BCUT2D eigenvalue weighted by molar-refractivity contribution is 0.0940. The molecule has 144 valence electrons. The molecule has 6 heteroatoms. The maximum atomic E-state index is 12.7. The minimum Gasteiger partial charge on any atom is -0.346 e. The number of sulfonamides is 1. The highest BCUT2D eigenvalue weighted by Crippen LogP contribution is 2.25. The van der Waals surface area contributed by atoms with Gasteiger partial charge >= 0.3 is 0 Å². The quantitative estimate of drug-likeness (QED) is 0.871. The maximum absolute atomic E-state index is 12.7. The zero-order chi connectivity index (χ0) is 19.6. The second-order valence-corrected chi connectivity index (χ2v) is 9.20. The maximum Gasteiger partial charge on any atom is 0.251 e. The van der Waals surface area contributed by atoms with Crippen LogP contribution in [0.4, 0.5) is 5.69 Å². The van der Waals surface area contributed by atoms with Gasteiger partial charge in [0.1, 0.15) is 0 Å². The number of carbonyl (C=O) groups excluding carboxylic acids is 1. The molecule has 1 N–H and O–H groups in total. The van der Waals surface area contributed by atoms with Crippen molar-refractivity contribution in [3.8, 4) is 0 Å². The predicted octanol–water partition coefficient (Wildman–Crippen LogP) is 3.72. The predicted molar refractivity (Wildman–Crippen MR) is 109 cm³/mol. The summed E-state index contributed by atoms with van der Waals surface area (Å²) in [5, 5.41) is 3.00. The molecular weight excluding hydrogens is 360 g/mol. The normalized spacial score (nSPS) is 17.4. The zero-order valence-electron chi connectivity index (χ0n) is 16.0. The third-order valence-electron chi connectivity index (χ3n) is 5.12. The molecule has 0 spiro atoms. The average Bonchev–Trinajstić information content (AvgIpc) is 2.63. The molecule has 1 fully saturated rings. The van der Waals surface area contributed by atoms with Crippen LogP contribution in [0.3, 0.4) is 0 Å². The van der Waals surface area contributed by atoms with Gasteiger partial charge in [-0.2, -0.15) is 0 Å². The smallest absolute Gasteiger partial charge is 0.251 e. The van der Waals surface area contributed by atoms with E-state index in [2.05, 4.69) is 31.3 Å². The van der Waals surface area contributed by atoms with E-state index in [1.807, 2.05) is 13.0 Å². The van der Waals surface area contributed by atoms with Crippen LogP contribution >= 0.6 is 0 Å². The first-order valence-corrected chi connectivity index (χ1v) is 10.9. The van der Waals surface area contributed by atoms with Gasteiger partial charge in [-0.05, 0) is 68.5 Å². The van der Waals surface area contributed by atoms with Crippen molar-refractivity contribution in [2.75, 3.05) is 16.6 Å². The van der Waals surface area contributed by atoms with Gasteiger partial charge in [0.25, 0.3) is 5.91 Å². The van der Waals surface area contributed by atoms with Crippen molar-refractivity contribution < 1.29 is 13.2 Å². The van der Waals surface area contributed by atoms with E-state index in [9.17, 15) is 13.2 Å². The summed E-state index contributed by atoms with van der Waals surface area (Å²) in [6.07, 6.45) is 1.52. The lowest BCUT2D eigenvalue weighted by Crippen LogP contribution is -2.38. The van der Waals surface area contributed by atoms with Gasteiger partial charge in [0.05, 0.1) is 17.5 Å². The van der Waals surface area contributed by atoms with Gasteiger partial charge in [-0.1, -0.05) is 24.3 Å². The number of aryl methyl sites for hydroxylation is 2. The molecule has 5 nitrogen and oxygen atoms in total. The van der Waals surface area contributed by atoms with Crippen molar-refractivity contribution in [1.82, 2.24) is 5.32 Å². The molecule has 27 heavy (non-hydrogen) atoms. The highest BCUT2D eigenvalue weighted by Gasteiger charge is 2.26. The number of anilines is 1. The van der Waals surface area contributed by atoms with E-state index in [1.165, 1.54) is 15.4 Å². The van der Waals surface area contributed by atoms with Gasteiger partial charge in [-0.15, -0.1) is 0 Å². The molecule has 1 aliphatic rings. The first kappa shape index (κ1) is 19.4. The molecule has 1 atom stereocenters. The average molecular weight is 387 g/mol. The second kappa shape index (κ2) is 7.72. The molecule has 1 aliphatic heterocycles. The highest BCUT2D eigenvalue weighted by molar-refractivity contribution is 7.92. The van der Waals surface area contributed by atoms with Gasteiger partial charge in [0, 0.05) is 12.1 Å². The summed E-state index contributed by atoms with van der Waals surface area (Å²) in [6.45, 7) is 6.52. The van der Waals surface area contributed by atoms with Gasteiger partial charge in [0.15, 0.2) is 0 Å². The molecule has 0 saturated carbocycles. The van der Waals surface area contributed by atoms with Crippen LogP contribution in [0.25, 0.3) is 0 Å². The van der Waals surface area contributed by atoms with Crippen LogP contribution in [0, 0.1) is 13.8 Å². The van der Waals surface area contributed by atoms with Gasteiger partial charge in [0.2, 0.25) is 10.0 Å². The minimum absolute atomic E-state index is 0.140. The first-order valence-electron chi connectivity index (χ1n) is 9.26. The van der Waals surface area contributed by atoms with Crippen LogP contribution in [0.2, 0.25) is 0 Å². The molecular formula is C21H26N2O3S. The van der Waals surface area contributed by atoms with E-state index in [0.29, 0.717) is 24.2 Å². The SMILES string of the molecule is Cc1ccc(C(C)NC(=O)c2cccc(N3CCCCS3(=O)=O)c2)cc1C. The lowest BCUT2D eigenvalue weighted by Gasteiger charge is -2.28. The number of hydrogen-bond donors (Lipinski definition) is 1. The van der Waals surface area contributed by atoms with Crippen molar-refractivity contribution in [1.29, 1.82) is 0 Å². The Kier molecular flexibility index (Phi) is 5.56. The van der Waals surface area contributed by atoms with Crippen LogP contribution < -0.4 is 9.62 Å². The number of rotatable bonds is 4. The Morgan fingerprint density at radius 1 is 1.07 bits per heavy atom. The molecule has 1 saturated heterocycles. The van der Waals surface area contributed by atoms with Crippen LogP contribution in [0.1, 0.15) is 52.9 Å². The number of nitrogens with one attached hydrogen (secondary N) is 1. The van der Waals surface area contributed by atoms with E-state index < -0.39 is 10.0 Å². The van der Waals surface area contributed by atoms with Crippen LogP contribution in [-0.4, -0.2) is 26.6 Å². The molecule has 0 radical (unpaired) electrons. The van der Waals surface area contributed by atoms with Crippen LogP contribution in [-0.2, 0) is 10.0 Å². The van der Waals surface area contributed by atoms with Crippen molar-refractivity contribution in [3.05, 3.63) is 64.7 Å². The summed E-state index contributed by atoms with van der Waals surface area (Å²) in [4.78, 5) is 12.7. The first-order chi connectivity index (χ1) is 12.8. The summed E-state index contributed by atoms with van der Waals surface area (Å²) >= 11 is 0. The number of benzene rings is 2. The molecule has 3 rings (SSSR count). The molecule has 1 amide bonds. The zero-order valence-corrected chi connectivity index (χ0v) is 16.8. The highest BCUT2D eigenvalue weighted by atomic mass is 32.2. The third-order valence-corrected chi connectivity index (χ3v) is 6.99. The van der Waals surface area contributed by atoms with Gasteiger partial charge in [-0.25, -0.2) is 8.42 Å². The Morgan fingerprint density at radius 2 is 1.85 bits per heavy atom. The Hall–Kier alpha value is -2.34.